The smallest absolute Gasteiger partial charge is 0.161 e. The zero-order chi connectivity index (χ0) is 16.5. The Hall–Kier alpha value is -2.66. The predicted molar refractivity (Wildman–Crippen MR) is 91.4 cm³/mol. The summed E-state index contributed by atoms with van der Waals surface area (Å²) >= 11 is 6.00. The molecular formula is C18H13ClFN3O. The van der Waals surface area contributed by atoms with E-state index in [-0.39, 0.29) is 5.82 Å². The third kappa shape index (κ3) is 2.67. The van der Waals surface area contributed by atoms with Crippen molar-refractivity contribution in [1.29, 1.82) is 0 Å². The molecule has 0 unspecified atom stereocenters. The number of rotatable bonds is 2. The molecule has 3 aromatic rings. The Labute approximate surface area is 143 Å². The summed E-state index contributed by atoms with van der Waals surface area (Å²) in [4.78, 5) is 10.5. The highest BCUT2D eigenvalue weighted by Crippen LogP contribution is 2.38. The number of halogens is 2. The second-order valence-corrected chi connectivity index (χ2v) is 5.80. The molecule has 0 atom stereocenters. The molecule has 0 N–H and O–H groups in total. The zero-order valence-corrected chi connectivity index (χ0v) is 13.4. The van der Waals surface area contributed by atoms with Crippen molar-refractivity contribution in [2.75, 3.05) is 18.1 Å². The Morgan fingerprint density at radius 2 is 1.96 bits per heavy atom. The summed E-state index contributed by atoms with van der Waals surface area (Å²) in [6.07, 6.45) is 5.10. The van der Waals surface area contributed by atoms with Crippen molar-refractivity contribution >= 4 is 23.0 Å². The SMILES string of the molecule is Fc1ccc(Cl)cc1-c1cc2c(cn1)OCCN2c1ccncc1. The molecule has 120 valence electrons. The van der Waals surface area contributed by atoms with Crippen LogP contribution >= 0.6 is 11.6 Å². The van der Waals surface area contributed by atoms with Crippen LogP contribution in [0.1, 0.15) is 0 Å². The van der Waals surface area contributed by atoms with Crippen LogP contribution in [0.5, 0.6) is 5.75 Å². The van der Waals surface area contributed by atoms with Crippen LogP contribution in [0.2, 0.25) is 5.02 Å². The monoisotopic (exact) mass is 341 g/mol. The third-order valence-electron chi connectivity index (χ3n) is 3.89. The number of aromatic nitrogens is 2. The number of anilines is 2. The quantitative estimate of drug-likeness (QED) is 0.689. The summed E-state index contributed by atoms with van der Waals surface area (Å²) in [5.74, 6) is 0.309. The summed E-state index contributed by atoms with van der Waals surface area (Å²) in [6.45, 7) is 1.25. The number of pyridine rings is 2. The fourth-order valence-electron chi connectivity index (χ4n) is 2.75. The fraction of sp³-hybridized carbons (Fsp3) is 0.111. The lowest BCUT2D eigenvalue weighted by Crippen LogP contribution is -2.28. The number of hydrogen-bond donors (Lipinski definition) is 0. The molecule has 0 radical (unpaired) electrons. The van der Waals surface area contributed by atoms with Crippen LogP contribution < -0.4 is 9.64 Å². The summed E-state index contributed by atoms with van der Waals surface area (Å²) in [5.41, 5.74) is 2.72. The lowest BCUT2D eigenvalue weighted by atomic mass is 10.1. The Morgan fingerprint density at radius 1 is 1.12 bits per heavy atom. The maximum atomic E-state index is 14.2. The van der Waals surface area contributed by atoms with Crippen LogP contribution in [0.15, 0.2) is 55.0 Å². The van der Waals surface area contributed by atoms with E-state index < -0.39 is 0 Å². The van der Waals surface area contributed by atoms with E-state index in [1.807, 2.05) is 18.2 Å². The fourth-order valence-corrected chi connectivity index (χ4v) is 2.93. The van der Waals surface area contributed by atoms with Gasteiger partial charge in [-0.05, 0) is 36.4 Å². The van der Waals surface area contributed by atoms with Gasteiger partial charge in [0.25, 0.3) is 0 Å². The molecule has 1 aliphatic heterocycles. The number of ether oxygens (including phenoxy) is 1. The second kappa shape index (κ2) is 6.09. The van der Waals surface area contributed by atoms with Gasteiger partial charge in [-0.1, -0.05) is 11.6 Å². The molecule has 6 heteroatoms. The first kappa shape index (κ1) is 14.9. The number of hydrogen-bond acceptors (Lipinski definition) is 4. The normalized spacial score (nSPS) is 13.3. The molecule has 2 aromatic heterocycles. The highest BCUT2D eigenvalue weighted by Gasteiger charge is 2.21. The van der Waals surface area contributed by atoms with Gasteiger partial charge in [-0.2, -0.15) is 0 Å². The van der Waals surface area contributed by atoms with E-state index in [4.69, 9.17) is 16.3 Å². The Kier molecular flexibility index (Phi) is 3.78. The van der Waals surface area contributed by atoms with Crippen molar-refractivity contribution in [3.63, 3.8) is 0 Å². The molecule has 0 bridgehead atoms. The van der Waals surface area contributed by atoms with Gasteiger partial charge in [-0.15, -0.1) is 0 Å². The molecule has 0 saturated carbocycles. The molecular weight excluding hydrogens is 329 g/mol. The Morgan fingerprint density at radius 3 is 2.79 bits per heavy atom. The van der Waals surface area contributed by atoms with Crippen molar-refractivity contribution in [1.82, 2.24) is 9.97 Å². The van der Waals surface area contributed by atoms with E-state index in [1.54, 1.807) is 24.7 Å². The summed E-state index contributed by atoms with van der Waals surface area (Å²) in [5, 5.41) is 0.466. The minimum absolute atomic E-state index is 0.362. The third-order valence-corrected chi connectivity index (χ3v) is 4.12. The molecule has 0 saturated heterocycles. The first-order chi connectivity index (χ1) is 11.7. The minimum atomic E-state index is -0.362. The second-order valence-electron chi connectivity index (χ2n) is 5.37. The maximum Gasteiger partial charge on any atom is 0.161 e. The topological polar surface area (TPSA) is 38.2 Å². The summed E-state index contributed by atoms with van der Waals surface area (Å²) in [6, 6.07) is 10.1. The van der Waals surface area contributed by atoms with Gasteiger partial charge in [-0.3, -0.25) is 9.97 Å². The number of nitrogens with zero attached hydrogens (tertiary/aromatic N) is 3. The van der Waals surface area contributed by atoms with Gasteiger partial charge in [0.05, 0.1) is 24.1 Å². The molecule has 3 heterocycles. The van der Waals surface area contributed by atoms with Crippen molar-refractivity contribution in [3.8, 4) is 17.0 Å². The van der Waals surface area contributed by atoms with Crippen LogP contribution in [-0.4, -0.2) is 23.1 Å². The lowest BCUT2D eigenvalue weighted by Gasteiger charge is -2.31. The van der Waals surface area contributed by atoms with E-state index in [0.29, 0.717) is 35.2 Å². The Balaban J connectivity index is 1.83. The first-order valence-electron chi connectivity index (χ1n) is 7.48. The average Bonchev–Trinajstić information content (AvgIpc) is 2.63. The van der Waals surface area contributed by atoms with E-state index >= 15 is 0 Å². The highest BCUT2D eigenvalue weighted by atomic mass is 35.5. The van der Waals surface area contributed by atoms with E-state index in [1.165, 1.54) is 12.1 Å². The number of fused-ring (bicyclic) bond motifs is 1. The zero-order valence-electron chi connectivity index (χ0n) is 12.6. The standard InChI is InChI=1S/C18H13ClFN3O/c19-12-1-2-15(20)14(9-12)16-10-17-18(11-22-16)24-8-7-23(17)13-3-5-21-6-4-13/h1-6,9-11H,7-8H2. The van der Waals surface area contributed by atoms with Gasteiger partial charge in [0.15, 0.2) is 5.75 Å². The molecule has 4 rings (SSSR count). The predicted octanol–water partition coefficient (Wildman–Crippen LogP) is 4.47. The molecule has 0 spiro atoms. The minimum Gasteiger partial charge on any atom is -0.488 e. The molecule has 4 nitrogen and oxygen atoms in total. The summed E-state index contributed by atoms with van der Waals surface area (Å²) in [7, 11) is 0. The highest BCUT2D eigenvalue weighted by molar-refractivity contribution is 6.30. The van der Waals surface area contributed by atoms with Crippen LogP contribution in [0.3, 0.4) is 0 Å². The molecule has 0 aliphatic carbocycles. The van der Waals surface area contributed by atoms with Crippen molar-refractivity contribution in [2.45, 2.75) is 0 Å². The average molecular weight is 342 g/mol. The molecule has 24 heavy (non-hydrogen) atoms. The van der Waals surface area contributed by atoms with Gasteiger partial charge >= 0.3 is 0 Å². The van der Waals surface area contributed by atoms with Gasteiger partial charge in [0.2, 0.25) is 0 Å². The van der Waals surface area contributed by atoms with Crippen molar-refractivity contribution < 1.29 is 9.13 Å². The van der Waals surface area contributed by atoms with Gasteiger partial charge in [0, 0.05) is 28.7 Å². The van der Waals surface area contributed by atoms with Crippen LogP contribution in [0, 0.1) is 5.82 Å². The van der Waals surface area contributed by atoms with E-state index in [9.17, 15) is 4.39 Å². The number of benzene rings is 1. The van der Waals surface area contributed by atoms with Crippen molar-refractivity contribution in [3.05, 3.63) is 65.8 Å². The van der Waals surface area contributed by atoms with E-state index in [0.717, 1.165) is 11.4 Å². The van der Waals surface area contributed by atoms with Crippen LogP contribution in [0.4, 0.5) is 15.8 Å². The maximum absolute atomic E-state index is 14.2. The molecule has 0 amide bonds. The Bertz CT molecular complexity index is 889. The molecule has 1 aliphatic rings. The lowest BCUT2D eigenvalue weighted by molar-refractivity contribution is 0.313. The summed E-state index contributed by atoms with van der Waals surface area (Å²) < 4.78 is 19.8. The van der Waals surface area contributed by atoms with Crippen LogP contribution in [0.25, 0.3) is 11.3 Å². The van der Waals surface area contributed by atoms with Crippen molar-refractivity contribution in [2.24, 2.45) is 0 Å². The first-order valence-corrected chi connectivity index (χ1v) is 7.86. The van der Waals surface area contributed by atoms with Gasteiger partial charge in [0.1, 0.15) is 12.4 Å². The molecule has 1 aromatic carbocycles. The molecule has 0 fully saturated rings. The van der Waals surface area contributed by atoms with Crippen LogP contribution in [-0.2, 0) is 0 Å². The largest absolute Gasteiger partial charge is 0.488 e. The van der Waals surface area contributed by atoms with E-state index in [2.05, 4.69) is 14.9 Å². The van der Waals surface area contributed by atoms with Gasteiger partial charge < -0.3 is 9.64 Å². The van der Waals surface area contributed by atoms with Gasteiger partial charge in [-0.25, -0.2) is 4.39 Å².